The van der Waals surface area contributed by atoms with E-state index in [0.29, 0.717) is 11.5 Å². The van der Waals surface area contributed by atoms with Gasteiger partial charge in [0.1, 0.15) is 0 Å². The van der Waals surface area contributed by atoms with E-state index in [1.807, 2.05) is 94.5 Å². The van der Waals surface area contributed by atoms with Crippen LogP contribution in [0, 0.1) is 5.92 Å². The largest absolute Gasteiger partial charge is 0.322 e. The van der Waals surface area contributed by atoms with Gasteiger partial charge in [0.2, 0.25) is 0 Å². The van der Waals surface area contributed by atoms with Gasteiger partial charge in [-0.05, 0) is 64.5 Å². The monoisotopic (exact) mass is 529 g/mol. The molecule has 1 amide bonds. The van der Waals surface area contributed by atoms with Crippen LogP contribution in [-0.4, -0.2) is 15.7 Å². The Morgan fingerprint density at radius 2 is 1.55 bits per heavy atom. The minimum absolute atomic E-state index is 0.109. The number of nitrogens with one attached hydrogen (secondary N) is 1. The maximum Gasteiger partial charge on any atom is 0.259 e. The van der Waals surface area contributed by atoms with Crippen LogP contribution < -0.4 is 5.32 Å². The number of rotatable bonds is 12. The van der Waals surface area contributed by atoms with Crippen LogP contribution in [0.5, 0.6) is 0 Å². The summed E-state index contributed by atoms with van der Waals surface area (Å²) >= 11 is 0. The Balaban J connectivity index is -0.000000572. The number of carbonyl (C=O) groups is 1. The van der Waals surface area contributed by atoms with Crippen molar-refractivity contribution < 1.29 is 4.79 Å². The molecule has 0 aliphatic rings. The van der Waals surface area contributed by atoms with Gasteiger partial charge in [0.15, 0.2) is 0 Å². The van der Waals surface area contributed by atoms with Crippen LogP contribution in [-0.2, 0) is 6.42 Å². The van der Waals surface area contributed by atoms with E-state index in [4.69, 9.17) is 0 Å². The molecule has 0 radical (unpaired) electrons. The zero-order valence-corrected chi connectivity index (χ0v) is 27.4. The molecule has 0 saturated heterocycles. The Bertz CT molecular complexity index is 795. The molecule has 0 saturated carbocycles. The highest BCUT2D eigenvalue weighted by molar-refractivity contribution is 5.96. The molecule has 1 aromatic rings. The van der Waals surface area contributed by atoms with Crippen molar-refractivity contribution in [2.45, 2.75) is 129 Å². The summed E-state index contributed by atoms with van der Waals surface area (Å²) in [5.74, 6) is 0.411. The first-order chi connectivity index (χ1) is 18.5. The smallest absolute Gasteiger partial charge is 0.259 e. The number of allylic oxidation sites excluding steroid dienone is 7. The lowest BCUT2D eigenvalue weighted by molar-refractivity contribution is 0.0966. The van der Waals surface area contributed by atoms with E-state index in [-0.39, 0.29) is 5.91 Å². The van der Waals surface area contributed by atoms with Crippen molar-refractivity contribution in [3.8, 4) is 0 Å². The molecule has 1 heterocycles. The second kappa shape index (κ2) is 32.4. The average Bonchev–Trinajstić information content (AvgIpc) is 3.37. The molecular weight excluding hydrogens is 466 g/mol. The van der Waals surface area contributed by atoms with Crippen LogP contribution in [0.3, 0.4) is 0 Å². The first kappa shape index (κ1) is 42.5. The van der Waals surface area contributed by atoms with Gasteiger partial charge in [-0.1, -0.05) is 112 Å². The molecule has 1 aromatic heterocycles. The minimum atomic E-state index is -0.109. The van der Waals surface area contributed by atoms with Gasteiger partial charge in [0.05, 0.1) is 17.5 Å². The lowest BCUT2D eigenvalue weighted by Gasteiger charge is -2.18. The molecule has 1 unspecified atom stereocenters. The summed E-state index contributed by atoms with van der Waals surface area (Å²) in [6, 6.07) is 0. The van der Waals surface area contributed by atoms with Crippen molar-refractivity contribution in [2.24, 2.45) is 5.92 Å². The summed E-state index contributed by atoms with van der Waals surface area (Å²) in [5, 5.41) is 7.42. The van der Waals surface area contributed by atoms with Crippen molar-refractivity contribution >= 4 is 12.1 Å². The van der Waals surface area contributed by atoms with E-state index in [0.717, 1.165) is 30.7 Å². The van der Waals surface area contributed by atoms with Gasteiger partial charge < -0.3 is 5.32 Å². The molecule has 0 aliphatic carbocycles. The normalized spacial score (nSPS) is 11.6. The Labute approximate surface area is 238 Å². The van der Waals surface area contributed by atoms with Crippen molar-refractivity contribution in [2.75, 3.05) is 0 Å². The minimum Gasteiger partial charge on any atom is -0.322 e. The third-order valence-corrected chi connectivity index (χ3v) is 5.03. The van der Waals surface area contributed by atoms with Crippen LogP contribution in [0.4, 0.5) is 0 Å². The third kappa shape index (κ3) is 18.6. The Morgan fingerprint density at radius 3 is 1.97 bits per heavy atom. The topological polar surface area (TPSA) is 46.9 Å². The van der Waals surface area contributed by atoms with Crippen LogP contribution in [0.15, 0.2) is 60.5 Å². The van der Waals surface area contributed by atoms with Gasteiger partial charge in [-0.25, -0.2) is 4.68 Å². The number of nitrogens with zero attached hydrogens (tertiary/aromatic N) is 2. The lowest BCUT2D eigenvalue weighted by atomic mass is 9.88. The van der Waals surface area contributed by atoms with Crippen molar-refractivity contribution in [3.05, 3.63) is 71.8 Å². The second-order valence-corrected chi connectivity index (χ2v) is 7.66. The van der Waals surface area contributed by atoms with Gasteiger partial charge >= 0.3 is 0 Å². The fourth-order valence-corrected chi connectivity index (χ4v) is 3.54. The van der Waals surface area contributed by atoms with Gasteiger partial charge in [0, 0.05) is 11.9 Å². The predicted octanol–water partition coefficient (Wildman–Crippen LogP) is 10.9. The summed E-state index contributed by atoms with van der Waals surface area (Å²) in [5.41, 5.74) is 3.67. The molecule has 1 atom stereocenters. The van der Waals surface area contributed by atoms with Gasteiger partial charge in [-0.3, -0.25) is 4.79 Å². The molecule has 0 fully saturated rings. The van der Waals surface area contributed by atoms with Crippen LogP contribution in [0.25, 0.3) is 6.20 Å². The average molecular weight is 530 g/mol. The zero-order valence-electron chi connectivity index (χ0n) is 27.4. The molecule has 0 spiro atoms. The number of hydrogen-bond donors (Lipinski definition) is 1. The number of hydrogen-bond acceptors (Lipinski definition) is 2. The number of amides is 1. The zero-order chi connectivity index (χ0) is 30.4. The fraction of sp³-hybridized carbons (Fsp3) is 0.588. The standard InChI is InChI=1S/C25H39N3O.C3H6.3C2H6/c1-7-13-16-20(14-8-2)21(15-9-3)18-22(11-5)27-25(29)23-19-26-28(17-10-4)24(23)12-6;1-3-2;3*1-2/h9-11,15,17-20H,7-8,12-14,16H2,1-6H3,(H,27,29);3H,1H2,2H3;3*1-2H3/b15-9-,17-10-,21-18+,22-11+;;;;. The number of carbonyl (C=O) groups excluding carboxylic acids is 1. The van der Waals surface area contributed by atoms with E-state index in [9.17, 15) is 4.79 Å². The van der Waals surface area contributed by atoms with E-state index < -0.39 is 0 Å². The van der Waals surface area contributed by atoms with Gasteiger partial charge in [-0.15, -0.1) is 6.58 Å². The molecule has 1 N–H and O–H groups in total. The fourth-order valence-electron chi connectivity index (χ4n) is 3.54. The summed E-state index contributed by atoms with van der Waals surface area (Å²) in [6.45, 7) is 29.7. The van der Waals surface area contributed by atoms with Crippen LogP contribution in [0.1, 0.15) is 138 Å². The molecule has 0 aromatic carbocycles. The van der Waals surface area contributed by atoms with E-state index in [1.165, 1.54) is 24.8 Å². The molecule has 0 bridgehead atoms. The molecule has 4 nitrogen and oxygen atoms in total. The number of unbranched alkanes of at least 4 members (excludes halogenated alkanes) is 1. The summed E-state index contributed by atoms with van der Waals surface area (Å²) in [7, 11) is 0. The predicted molar refractivity (Wildman–Crippen MR) is 175 cm³/mol. The molecule has 1 rings (SSSR count). The second-order valence-electron chi connectivity index (χ2n) is 7.66. The van der Waals surface area contributed by atoms with Crippen LogP contribution >= 0.6 is 0 Å². The van der Waals surface area contributed by atoms with E-state index >= 15 is 0 Å². The van der Waals surface area contributed by atoms with E-state index in [2.05, 4.69) is 49.1 Å². The van der Waals surface area contributed by atoms with Gasteiger partial charge in [-0.2, -0.15) is 5.10 Å². The first-order valence-corrected chi connectivity index (χ1v) is 15.1. The molecular formula is C34H63N3O. The van der Waals surface area contributed by atoms with Crippen molar-refractivity contribution in [1.29, 1.82) is 0 Å². The van der Waals surface area contributed by atoms with Gasteiger partial charge in [0.25, 0.3) is 5.91 Å². The maximum atomic E-state index is 12.9. The highest BCUT2D eigenvalue weighted by atomic mass is 16.1. The summed E-state index contributed by atoms with van der Waals surface area (Å²) in [6.07, 6.45) is 22.2. The third-order valence-electron chi connectivity index (χ3n) is 5.03. The van der Waals surface area contributed by atoms with Crippen LogP contribution in [0.2, 0.25) is 0 Å². The summed E-state index contributed by atoms with van der Waals surface area (Å²) in [4.78, 5) is 12.9. The SMILES string of the molecule is C=CC.CC.CC.CC.C\C=C/C(=C\C(=C/C)NC(=O)c1cnn(/C=C\C)c1CC)C(CCC)CCCC. The maximum absolute atomic E-state index is 12.9. The van der Waals surface area contributed by atoms with E-state index in [1.54, 1.807) is 17.0 Å². The quantitative estimate of drug-likeness (QED) is 0.216. The Hall–Kier alpha value is -2.62. The summed E-state index contributed by atoms with van der Waals surface area (Å²) < 4.78 is 1.77. The van der Waals surface area contributed by atoms with Crippen molar-refractivity contribution in [3.63, 3.8) is 0 Å². The first-order valence-electron chi connectivity index (χ1n) is 15.1. The Kier molecular flexibility index (Phi) is 36.2. The lowest BCUT2D eigenvalue weighted by Crippen LogP contribution is -2.23. The molecule has 220 valence electrons. The molecule has 38 heavy (non-hydrogen) atoms. The van der Waals surface area contributed by atoms with Crippen molar-refractivity contribution in [1.82, 2.24) is 15.1 Å². The highest BCUT2D eigenvalue weighted by Gasteiger charge is 2.17. The molecule has 0 aliphatic heterocycles. The Morgan fingerprint density at radius 1 is 0.974 bits per heavy atom. The molecule has 4 heteroatoms. The highest BCUT2D eigenvalue weighted by Crippen LogP contribution is 2.26. The number of aromatic nitrogens is 2.